The summed E-state index contributed by atoms with van der Waals surface area (Å²) >= 11 is 0. The number of ether oxygens (including phenoxy) is 1. The third kappa shape index (κ3) is 4.53. The first kappa shape index (κ1) is 18.9. The van der Waals surface area contributed by atoms with Gasteiger partial charge in [0.05, 0.1) is 49.7 Å². The predicted octanol–water partition coefficient (Wildman–Crippen LogP) is 2.84. The number of para-hydroxylation sites is 1. The average Bonchev–Trinajstić information content (AvgIpc) is 3.23. The molecular weight excluding hydrogens is 368 g/mol. The predicted molar refractivity (Wildman–Crippen MR) is 111 cm³/mol. The zero-order valence-corrected chi connectivity index (χ0v) is 16.4. The molecule has 0 unspecified atom stereocenters. The van der Waals surface area contributed by atoms with Gasteiger partial charge in [0.1, 0.15) is 5.75 Å². The molecule has 3 heterocycles. The molecule has 0 radical (unpaired) electrons. The fourth-order valence-electron chi connectivity index (χ4n) is 3.47. The van der Waals surface area contributed by atoms with E-state index in [-0.39, 0.29) is 12.3 Å². The van der Waals surface area contributed by atoms with Crippen LogP contribution in [0.4, 0.5) is 11.4 Å². The average molecular weight is 392 g/mol. The van der Waals surface area contributed by atoms with Gasteiger partial charge in [0, 0.05) is 18.7 Å². The lowest BCUT2D eigenvalue weighted by molar-refractivity contribution is -0.115. The quantitative estimate of drug-likeness (QED) is 0.694. The van der Waals surface area contributed by atoms with Crippen LogP contribution in [0.25, 0.3) is 5.95 Å². The van der Waals surface area contributed by atoms with Gasteiger partial charge < -0.3 is 15.0 Å². The van der Waals surface area contributed by atoms with E-state index in [1.807, 2.05) is 36.7 Å². The zero-order valence-electron chi connectivity index (χ0n) is 16.4. The summed E-state index contributed by atoms with van der Waals surface area (Å²) in [5, 5.41) is 7.11. The van der Waals surface area contributed by atoms with E-state index in [2.05, 4.69) is 25.3 Å². The molecule has 1 aromatic carbocycles. The van der Waals surface area contributed by atoms with E-state index < -0.39 is 0 Å². The molecule has 0 aliphatic carbocycles. The molecule has 1 amide bonds. The zero-order chi connectivity index (χ0) is 20.1. The molecule has 2 aromatic heterocycles. The van der Waals surface area contributed by atoms with Crippen LogP contribution in [0.3, 0.4) is 0 Å². The molecule has 0 atom stereocenters. The van der Waals surface area contributed by atoms with Crippen LogP contribution in [0.2, 0.25) is 0 Å². The van der Waals surface area contributed by atoms with Crippen molar-refractivity contribution >= 4 is 17.3 Å². The molecular formula is C21H24N6O2. The Hall–Kier alpha value is -3.42. The molecule has 4 rings (SSSR count). The number of piperidine rings is 1. The molecule has 0 saturated carbocycles. The fraction of sp³-hybridized carbons (Fsp3) is 0.333. The number of aromatic nitrogens is 4. The van der Waals surface area contributed by atoms with Gasteiger partial charge in [0.15, 0.2) is 0 Å². The third-order valence-electron chi connectivity index (χ3n) is 4.96. The van der Waals surface area contributed by atoms with Crippen LogP contribution in [0.1, 0.15) is 24.8 Å². The number of methoxy groups -OCH3 is 1. The highest BCUT2D eigenvalue weighted by Crippen LogP contribution is 2.20. The van der Waals surface area contributed by atoms with E-state index in [9.17, 15) is 4.79 Å². The van der Waals surface area contributed by atoms with Gasteiger partial charge in [-0.25, -0.2) is 14.6 Å². The molecule has 0 bridgehead atoms. The summed E-state index contributed by atoms with van der Waals surface area (Å²) in [5.74, 6) is 1.02. The van der Waals surface area contributed by atoms with Gasteiger partial charge in [0.2, 0.25) is 5.91 Å². The van der Waals surface area contributed by atoms with Gasteiger partial charge in [-0.15, -0.1) is 0 Å². The molecule has 1 fully saturated rings. The van der Waals surface area contributed by atoms with Crippen LogP contribution >= 0.6 is 0 Å². The van der Waals surface area contributed by atoms with Crippen LogP contribution in [-0.4, -0.2) is 45.9 Å². The van der Waals surface area contributed by atoms with Crippen molar-refractivity contribution in [3.8, 4) is 11.7 Å². The van der Waals surface area contributed by atoms with Crippen LogP contribution in [0, 0.1) is 0 Å². The van der Waals surface area contributed by atoms with E-state index in [0.29, 0.717) is 17.4 Å². The lowest BCUT2D eigenvalue weighted by atomic mass is 10.1. The summed E-state index contributed by atoms with van der Waals surface area (Å²) in [7, 11) is 1.59. The van der Waals surface area contributed by atoms with Crippen LogP contribution < -0.4 is 15.0 Å². The first-order chi connectivity index (χ1) is 14.2. The molecule has 8 heteroatoms. The number of amides is 1. The smallest absolute Gasteiger partial charge is 0.250 e. The van der Waals surface area contributed by atoms with Gasteiger partial charge in [-0.2, -0.15) is 5.10 Å². The molecule has 3 aromatic rings. The second-order valence-electron chi connectivity index (χ2n) is 7.00. The number of carbonyl (C=O) groups is 1. The van der Waals surface area contributed by atoms with Crippen molar-refractivity contribution < 1.29 is 9.53 Å². The Kier molecular flexibility index (Phi) is 5.69. The van der Waals surface area contributed by atoms with Crippen molar-refractivity contribution in [1.29, 1.82) is 0 Å². The van der Waals surface area contributed by atoms with Crippen molar-refractivity contribution in [2.45, 2.75) is 25.7 Å². The van der Waals surface area contributed by atoms with Crippen molar-refractivity contribution in [1.82, 2.24) is 19.7 Å². The number of anilines is 2. The summed E-state index contributed by atoms with van der Waals surface area (Å²) in [5.41, 5.74) is 2.45. The topological polar surface area (TPSA) is 85.2 Å². The molecule has 150 valence electrons. The second-order valence-corrected chi connectivity index (χ2v) is 7.00. The Bertz CT molecular complexity index is 963. The Morgan fingerprint density at radius 3 is 2.62 bits per heavy atom. The fourth-order valence-corrected chi connectivity index (χ4v) is 3.47. The van der Waals surface area contributed by atoms with Crippen molar-refractivity contribution in [2.24, 2.45) is 0 Å². The van der Waals surface area contributed by atoms with E-state index in [1.54, 1.807) is 24.2 Å². The van der Waals surface area contributed by atoms with Crippen molar-refractivity contribution in [3.05, 3.63) is 54.6 Å². The first-order valence-corrected chi connectivity index (χ1v) is 9.77. The highest BCUT2D eigenvalue weighted by atomic mass is 16.5. The summed E-state index contributed by atoms with van der Waals surface area (Å²) < 4.78 is 6.85. The summed E-state index contributed by atoms with van der Waals surface area (Å²) in [6.45, 7) is 2.10. The number of hydrogen-bond acceptors (Lipinski definition) is 6. The lowest BCUT2D eigenvalue weighted by Gasteiger charge is -2.28. The molecule has 29 heavy (non-hydrogen) atoms. The second kappa shape index (κ2) is 8.72. The normalized spacial score (nSPS) is 13.9. The number of nitrogens with zero attached hydrogens (tertiary/aromatic N) is 5. The number of benzene rings is 1. The van der Waals surface area contributed by atoms with Gasteiger partial charge in [0.25, 0.3) is 5.95 Å². The highest BCUT2D eigenvalue weighted by Gasteiger charge is 2.13. The Balaban J connectivity index is 1.39. The third-order valence-corrected chi connectivity index (χ3v) is 4.96. The van der Waals surface area contributed by atoms with Crippen molar-refractivity contribution in [2.75, 3.05) is 30.4 Å². The minimum Gasteiger partial charge on any atom is -0.496 e. The van der Waals surface area contributed by atoms with Gasteiger partial charge in [-0.05, 0) is 25.3 Å². The van der Waals surface area contributed by atoms with Crippen LogP contribution in [0.5, 0.6) is 5.75 Å². The van der Waals surface area contributed by atoms with E-state index in [0.717, 1.165) is 24.3 Å². The first-order valence-electron chi connectivity index (χ1n) is 9.77. The summed E-state index contributed by atoms with van der Waals surface area (Å²) in [6.07, 6.45) is 10.9. The van der Waals surface area contributed by atoms with E-state index in [1.165, 1.54) is 19.3 Å². The van der Waals surface area contributed by atoms with Crippen LogP contribution in [-0.2, 0) is 11.2 Å². The maximum atomic E-state index is 12.4. The minimum absolute atomic E-state index is 0.143. The minimum atomic E-state index is -0.143. The van der Waals surface area contributed by atoms with Gasteiger partial charge in [-0.1, -0.05) is 18.2 Å². The molecule has 1 N–H and O–H groups in total. The molecule has 1 saturated heterocycles. The van der Waals surface area contributed by atoms with Gasteiger partial charge in [-0.3, -0.25) is 4.79 Å². The number of carbonyl (C=O) groups excluding carboxylic acids is 1. The largest absolute Gasteiger partial charge is 0.496 e. The van der Waals surface area contributed by atoms with Gasteiger partial charge >= 0.3 is 0 Å². The number of nitrogens with one attached hydrogen (secondary N) is 1. The molecule has 1 aliphatic rings. The SMILES string of the molecule is COc1ccccc1CC(=O)Nc1cnn(-c2ncc(N3CCCCC3)cn2)c1. The van der Waals surface area contributed by atoms with Crippen LogP contribution in [0.15, 0.2) is 49.1 Å². The van der Waals surface area contributed by atoms with Crippen molar-refractivity contribution in [3.63, 3.8) is 0 Å². The van der Waals surface area contributed by atoms with E-state index in [4.69, 9.17) is 4.74 Å². The lowest BCUT2D eigenvalue weighted by Crippen LogP contribution is -2.29. The Labute approximate surface area is 169 Å². The maximum absolute atomic E-state index is 12.4. The van der Waals surface area contributed by atoms with E-state index >= 15 is 0 Å². The Morgan fingerprint density at radius 1 is 1.10 bits per heavy atom. The molecule has 1 aliphatic heterocycles. The molecule has 8 nitrogen and oxygen atoms in total. The monoisotopic (exact) mass is 392 g/mol. The summed E-state index contributed by atoms with van der Waals surface area (Å²) in [4.78, 5) is 23.5. The standard InChI is InChI=1S/C21H24N6O2/c1-29-19-8-4-3-7-16(19)11-20(28)25-17-12-24-27(15-17)21-22-13-18(14-23-21)26-9-5-2-6-10-26/h3-4,7-8,12-15H,2,5-6,9-11H2,1H3,(H,25,28). The molecule has 0 spiro atoms. The number of hydrogen-bond donors (Lipinski definition) is 1. The summed E-state index contributed by atoms with van der Waals surface area (Å²) in [6, 6.07) is 7.47. The number of rotatable bonds is 6. The Morgan fingerprint density at radius 2 is 1.86 bits per heavy atom. The highest BCUT2D eigenvalue weighted by molar-refractivity contribution is 5.92. The maximum Gasteiger partial charge on any atom is 0.250 e.